The summed E-state index contributed by atoms with van der Waals surface area (Å²) in [7, 11) is 0. The van der Waals surface area contributed by atoms with Crippen LogP contribution in [0.25, 0.3) is 16.6 Å². The summed E-state index contributed by atoms with van der Waals surface area (Å²) in [6.07, 6.45) is 0. The summed E-state index contributed by atoms with van der Waals surface area (Å²) in [6, 6.07) is 15.7. The van der Waals surface area contributed by atoms with Crippen molar-refractivity contribution in [2.24, 2.45) is 0 Å². The first kappa shape index (κ1) is 20.7. The standard InChI is InChI=1S/C23H24N6O2S/c1-15-7-9-17(10-8-15)29-22(28-11-13-31-14-12-28)26-27-23(29)32-16(2)20-24-19-6-4-3-5-18(19)21(30)25-20/h3-10,16H,11-14H2,1-2H3,(H,24,25,30). The van der Waals surface area contributed by atoms with Crippen LogP contribution in [0.15, 0.2) is 58.5 Å². The summed E-state index contributed by atoms with van der Waals surface area (Å²) in [5, 5.41) is 10.2. The molecule has 1 N–H and O–H groups in total. The Morgan fingerprint density at radius 3 is 2.59 bits per heavy atom. The third kappa shape index (κ3) is 4.01. The van der Waals surface area contributed by atoms with E-state index in [2.05, 4.69) is 60.8 Å². The van der Waals surface area contributed by atoms with E-state index in [4.69, 9.17) is 4.74 Å². The maximum Gasteiger partial charge on any atom is 0.258 e. The lowest BCUT2D eigenvalue weighted by Crippen LogP contribution is -2.37. The quantitative estimate of drug-likeness (QED) is 0.468. The van der Waals surface area contributed by atoms with Crippen LogP contribution in [-0.2, 0) is 4.74 Å². The zero-order valence-electron chi connectivity index (χ0n) is 18.0. The zero-order chi connectivity index (χ0) is 22.1. The van der Waals surface area contributed by atoms with Crippen LogP contribution in [0.2, 0.25) is 0 Å². The second kappa shape index (κ2) is 8.76. The van der Waals surface area contributed by atoms with Gasteiger partial charge < -0.3 is 14.6 Å². The van der Waals surface area contributed by atoms with Gasteiger partial charge in [-0.05, 0) is 38.1 Å². The number of fused-ring (bicyclic) bond motifs is 1. The first-order chi connectivity index (χ1) is 15.6. The number of hydrogen-bond donors (Lipinski definition) is 1. The van der Waals surface area contributed by atoms with Crippen molar-refractivity contribution in [1.82, 2.24) is 24.7 Å². The molecule has 2 aromatic heterocycles. The lowest BCUT2D eigenvalue weighted by atomic mass is 10.2. The van der Waals surface area contributed by atoms with Gasteiger partial charge in [-0.1, -0.05) is 41.6 Å². The van der Waals surface area contributed by atoms with E-state index in [9.17, 15) is 4.79 Å². The number of morpholine rings is 1. The molecule has 2 aromatic carbocycles. The first-order valence-corrected chi connectivity index (χ1v) is 11.5. The Morgan fingerprint density at radius 2 is 1.81 bits per heavy atom. The van der Waals surface area contributed by atoms with Crippen molar-refractivity contribution in [1.29, 1.82) is 0 Å². The number of para-hydroxylation sites is 1. The Hall–Kier alpha value is -3.17. The van der Waals surface area contributed by atoms with Crippen LogP contribution >= 0.6 is 11.8 Å². The molecular formula is C23H24N6O2S. The fourth-order valence-electron chi connectivity index (χ4n) is 3.74. The summed E-state index contributed by atoms with van der Waals surface area (Å²) in [5.41, 5.74) is 2.74. The predicted octanol–water partition coefficient (Wildman–Crippen LogP) is 3.50. The number of nitrogens with one attached hydrogen (secondary N) is 1. The zero-order valence-corrected chi connectivity index (χ0v) is 18.8. The van der Waals surface area contributed by atoms with Crippen LogP contribution in [0.1, 0.15) is 23.6 Å². The normalized spacial score (nSPS) is 15.2. The number of thioether (sulfide) groups is 1. The van der Waals surface area contributed by atoms with E-state index < -0.39 is 0 Å². The van der Waals surface area contributed by atoms with E-state index >= 15 is 0 Å². The SMILES string of the molecule is Cc1ccc(-n2c(SC(C)c3nc4ccccc4c(=O)[nH]3)nnc2N2CCOCC2)cc1. The number of hydrogen-bond acceptors (Lipinski definition) is 7. The largest absolute Gasteiger partial charge is 0.378 e. The van der Waals surface area contributed by atoms with Gasteiger partial charge in [0.15, 0.2) is 5.16 Å². The topological polar surface area (TPSA) is 88.9 Å². The number of aromatic nitrogens is 5. The average Bonchev–Trinajstić information content (AvgIpc) is 3.23. The average molecular weight is 449 g/mol. The smallest absolute Gasteiger partial charge is 0.258 e. The fourth-order valence-corrected chi connectivity index (χ4v) is 4.66. The molecule has 9 heteroatoms. The lowest BCUT2D eigenvalue weighted by Gasteiger charge is -2.28. The van der Waals surface area contributed by atoms with Gasteiger partial charge in [0.1, 0.15) is 5.82 Å². The second-order valence-corrected chi connectivity index (χ2v) is 9.09. The van der Waals surface area contributed by atoms with E-state index in [0.29, 0.717) is 29.9 Å². The van der Waals surface area contributed by atoms with Crippen molar-refractivity contribution in [3.8, 4) is 5.69 Å². The van der Waals surface area contributed by atoms with Crippen molar-refractivity contribution in [3.63, 3.8) is 0 Å². The van der Waals surface area contributed by atoms with Crippen LogP contribution in [0, 0.1) is 6.92 Å². The van der Waals surface area contributed by atoms with E-state index in [1.165, 1.54) is 17.3 Å². The molecule has 8 nitrogen and oxygen atoms in total. The van der Waals surface area contributed by atoms with Gasteiger partial charge in [0.25, 0.3) is 5.56 Å². The molecule has 0 saturated carbocycles. The summed E-state index contributed by atoms with van der Waals surface area (Å²) < 4.78 is 7.59. The summed E-state index contributed by atoms with van der Waals surface area (Å²) >= 11 is 1.52. The molecule has 3 heterocycles. The molecule has 1 unspecified atom stereocenters. The molecule has 0 bridgehead atoms. The van der Waals surface area contributed by atoms with Crippen molar-refractivity contribution in [3.05, 3.63) is 70.3 Å². The Labute approximate surface area is 189 Å². The first-order valence-electron chi connectivity index (χ1n) is 10.6. The number of H-pyrrole nitrogens is 1. The molecule has 1 aliphatic heterocycles. The minimum Gasteiger partial charge on any atom is -0.378 e. The van der Waals surface area contributed by atoms with Gasteiger partial charge in [-0.3, -0.25) is 9.36 Å². The van der Waals surface area contributed by atoms with Gasteiger partial charge in [0, 0.05) is 13.1 Å². The Morgan fingerprint density at radius 1 is 1.06 bits per heavy atom. The van der Waals surface area contributed by atoms with Crippen molar-refractivity contribution >= 4 is 28.6 Å². The van der Waals surface area contributed by atoms with Gasteiger partial charge in [0.05, 0.1) is 35.1 Å². The van der Waals surface area contributed by atoms with Crippen molar-refractivity contribution in [2.45, 2.75) is 24.3 Å². The van der Waals surface area contributed by atoms with Crippen LogP contribution < -0.4 is 10.5 Å². The van der Waals surface area contributed by atoms with Crippen molar-refractivity contribution in [2.75, 3.05) is 31.2 Å². The molecule has 5 rings (SSSR count). The molecule has 32 heavy (non-hydrogen) atoms. The molecule has 0 aliphatic carbocycles. The molecule has 1 atom stereocenters. The van der Waals surface area contributed by atoms with Crippen LogP contribution in [0.4, 0.5) is 5.95 Å². The molecule has 1 saturated heterocycles. The molecule has 164 valence electrons. The molecule has 4 aromatic rings. The summed E-state index contributed by atoms with van der Waals surface area (Å²) in [6.45, 7) is 6.95. The maximum absolute atomic E-state index is 12.5. The highest BCUT2D eigenvalue weighted by atomic mass is 32.2. The van der Waals surface area contributed by atoms with Gasteiger partial charge >= 0.3 is 0 Å². The number of aryl methyl sites for hydroxylation is 1. The van der Waals surface area contributed by atoms with E-state index in [1.54, 1.807) is 6.07 Å². The number of rotatable bonds is 5. The number of anilines is 1. The third-order valence-electron chi connectivity index (χ3n) is 5.50. The molecule has 0 amide bonds. The molecule has 0 spiro atoms. The maximum atomic E-state index is 12.5. The number of benzene rings is 2. The monoisotopic (exact) mass is 448 g/mol. The summed E-state index contributed by atoms with van der Waals surface area (Å²) in [5.74, 6) is 1.41. The third-order valence-corrected chi connectivity index (χ3v) is 6.55. The molecule has 1 fully saturated rings. The van der Waals surface area contributed by atoms with E-state index in [-0.39, 0.29) is 10.8 Å². The minimum atomic E-state index is -0.132. The van der Waals surface area contributed by atoms with E-state index in [1.807, 2.05) is 25.1 Å². The van der Waals surface area contributed by atoms with Gasteiger partial charge in [-0.2, -0.15) is 0 Å². The highest BCUT2D eigenvalue weighted by molar-refractivity contribution is 7.99. The van der Waals surface area contributed by atoms with Crippen LogP contribution in [-0.4, -0.2) is 51.0 Å². The number of aromatic amines is 1. The van der Waals surface area contributed by atoms with Gasteiger partial charge in [-0.25, -0.2) is 4.98 Å². The Bertz CT molecular complexity index is 1290. The van der Waals surface area contributed by atoms with Gasteiger partial charge in [0.2, 0.25) is 5.95 Å². The fraction of sp³-hybridized carbons (Fsp3) is 0.304. The minimum absolute atomic E-state index is 0.127. The highest BCUT2D eigenvalue weighted by Gasteiger charge is 2.24. The lowest BCUT2D eigenvalue weighted by molar-refractivity contribution is 0.122. The molecule has 0 radical (unpaired) electrons. The predicted molar refractivity (Wildman–Crippen MR) is 126 cm³/mol. The number of nitrogens with zero attached hydrogens (tertiary/aromatic N) is 5. The highest BCUT2D eigenvalue weighted by Crippen LogP contribution is 2.35. The van der Waals surface area contributed by atoms with Gasteiger partial charge in [-0.15, -0.1) is 10.2 Å². The number of ether oxygens (including phenoxy) is 1. The second-order valence-electron chi connectivity index (χ2n) is 7.78. The Balaban J connectivity index is 1.52. The summed E-state index contributed by atoms with van der Waals surface area (Å²) in [4.78, 5) is 22.3. The van der Waals surface area contributed by atoms with Crippen LogP contribution in [0.3, 0.4) is 0 Å². The van der Waals surface area contributed by atoms with Crippen LogP contribution in [0.5, 0.6) is 0 Å². The molecule has 1 aliphatic rings. The Kier molecular flexibility index (Phi) is 5.67. The molecular weight excluding hydrogens is 424 g/mol. The van der Waals surface area contributed by atoms with Crippen molar-refractivity contribution < 1.29 is 4.74 Å². The van der Waals surface area contributed by atoms with E-state index in [0.717, 1.165) is 29.9 Å².